The van der Waals surface area contributed by atoms with Gasteiger partial charge in [0.2, 0.25) is 0 Å². The highest BCUT2D eigenvalue weighted by atomic mass is 16.5. The molecule has 0 spiro atoms. The minimum Gasteiger partial charge on any atom is -0.464 e. The molecule has 6 heteroatoms. The molecule has 6 nitrogen and oxygen atoms in total. The molecular weight excluding hydrogens is 244 g/mol. The number of nitrogens with two attached hydrogens (primary N) is 1. The summed E-state index contributed by atoms with van der Waals surface area (Å²) in [5, 5.41) is 3.17. The van der Waals surface area contributed by atoms with Gasteiger partial charge in [0.1, 0.15) is 5.82 Å². The summed E-state index contributed by atoms with van der Waals surface area (Å²) in [5.41, 5.74) is 6.35. The Morgan fingerprint density at radius 2 is 2.16 bits per heavy atom. The number of rotatable bonds is 4. The van der Waals surface area contributed by atoms with Gasteiger partial charge in [-0.25, -0.2) is 9.78 Å². The van der Waals surface area contributed by atoms with E-state index in [4.69, 9.17) is 5.73 Å². The Balaban J connectivity index is 1.97. The zero-order chi connectivity index (χ0) is 13.7. The number of aromatic nitrogens is 2. The van der Waals surface area contributed by atoms with Crippen LogP contribution in [0.4, 0.5) is 5.82 Å². The van der Waals surface area contributed by atoms with Crippen molar-refractivity contribution in [3.05, 3.63) is 18.1 Å². The molecule has 1 saturated carbocycles. The van der Waals surface area contributed by atoms with E-state index in [-0.39, 0.29) is 11.2 Å². The average Bonchev–Trinajstić information content (AvgIpc) is 2.45. The number of esters is 1. The molecule has 0 amide bonds. The van der Waals surface area contributed by atoms with Gasteiger partial charge in [0.15, 0.2) is 5.69 Å². The highest BCUT2D eigenvalue weighted by Crippen LogP contribution is 2.25. The lowest BCUT2D eigenvalue weighted by Crippen LogP contribution is -2.47. The maximum Gasteiger partial charge on any atom is 0.358 e. The van der Waals surface area contributed by atoms with Gasteiger partial charge in [-0.2, -0.15) is 0 Å². The lowest BCUT2D eigenvalue weighted by molar-refractivity contribution is 0.0593. The molecule has 0 saturated heterocycles. The minimum atomic E-state index is -0.490. The molecular formula is C13H20N4O2. The summed E-state index contributed by atoms with van der Waals surface area (Å²) in [6.07, 6.45) is 8.61. The van der Waals surface area contributed by atoms with E-state index in [9.17, 15) is 4.79 Å². The number of hydrogen-bond donors (Lipinski definition) is 2. The monoisotopic (exact) mass is 264 g/mol. The Bertz CT molecular complexity index is 444. The van der Waals surface area contributed by atoms with Crippen molar-refractivity contribution in [2.75, 3.05) is 19.0 Å². The summed E-state index contributed by atoms with van der Waals surface area (Å²) in [7, 11) is 1.32. The van der Waals surface area contributed by atoms with Crippen LogP contribution in [0.15, 0.2) is 12.4 Å². The third-order valence-electron chi connectivity index (χ3n) is 3.50. The fourth-order valence-electron chi connectivity index (χ4n) is 2.35. The van der Waals surface area contributed by atoms with E-state index in [2.05, 4.69) is 20.0 Å². The number of carbonyl (C=O) groups is 1. The summed E-state index contributed by atoms with van der Waals surface area (Å²) in [6, 6.07) is 0. The smallest absolute Gasteiger partial charge is 0.358 e. The zero-order valence-corrected chi connectivity index (χ0v) is 11.2. The number of methoxy groups -OCH3 is 1. The second-order valence-electron chi connectivity index (χ2n) is 5.06. The van der Waals surface area contributed by atoms with E-state index in [1.54, 1.807) is 6.20 Å². The molecule has 1 aliphatic rings. The molecule has 2 rings (SSSR count). The van der Waals surface area contributed by atoms with Crippen LogP contribution in [0.3, 0.4) is 0 Å². The van der Waals surface area contributed by atoms with Crippen LogP contribution >= 0.6 is 0 Å². The van der Waals surface area contributed by atoms with Crippen LogP contribution in [-0.4, -0.2) is 35.1 Å². The predicted molar refractivity (Wildman–Crippen MR) is 71.9 cm³/mol. The van der Waals surface area contributed by atoms with Gasteiger partial charge in [-0.3, -0.25) is 4.98 Å². The Morgan fingerprint density at radius 1 is 1.42 bits per heavy atom. The second-order valence-corrected chi connectivity index (χ2v) is 5.06. The normalized spacial score (nSPS) is 17.8. The van der Waals surface area contributed by atoms with Crippen LogP contribution in [0.2, 0.25) is 0 Å². The molecule has 104 valence electrons. The minimum absolute atomic E-state index is 0.179. The third-order valence-corrected chi connectivity index (χ3v) is 3.50. The average molecular weight is 264 g/mol. The molecule has 19 heavy (non-hydrogen) atoms. The van der Waals surface area contributed by atoms with E-state index < -0.39 is 5.97 Å². The first-order valence-electron chi connectivity index (χ1n) is 6.56. The SMILES string of the molecule is COC(=O)c1cncc(NCC2(N)CCCCC2)n1. The topological polar surface area (TPSA) is 90.1 Å². The number of hydrogen-bond acceptors (Lipinski definition) is 6. The van der Waals surface area contributed by atoms with Crippen molar-refractivity contribution in [3.8, 4) is 0 Å². The van der Waals surface area contributed by atoms with Gasteiger partial charge in [-0.15, -0.1) is 0 Å². The molecule has 0 aliphatic heterocycles. The van der Waals surface area contributed by atoms with Crippen molar-refractivity contribution in [3.63, 3.8) is 0 Å². The molecule has 0 bridgehead atoms. The molecule has 0 unspecified atom stereocenters. The van der Waals surface area contributed by atoms with Gasteiger partial charge in [-0.05, 0) is 12.8 Å². The molecule has 0 aromatic carbocycles. The Kier molecular flexibility index (Phi) is 4.31. The lowest BCUT2D eigenvalue weighted by atomic mass is 9.82. The molecule has 1 aromatic rings. The molecule has 3 N–H and O–H groups in total. The van der Waals surface area contributed by atoms with Gasteiger partial charge in [0, 0.05) is 12.1 Å². The lowest BCUT2D eigenvalue weighted by Gasteiger charge is -2.33. The fraction of sp³-hybridized carbons (Fsp3) is 0.615. The van der Waals surface area contributed by atoms with E-state index in [1.165, 1.54) is 32.6 Å². The Morgan fingerprint density at radius 3 is 2.84 bits per heavy atom. The quantitative estimate of drug-likeness (QED) is 0.797. The van der Waals surface area contributed by atoms with Crippen molar-refractivity contribution < 1.29 is 9.53 Å². The largest absolute Gasteiger partial charge is 0.464 e. The molecule has 0 atom stereocenters. The second kappa shape index (κ2) is 5.97. The van der Waals surface area contributed by atoms with Gasteiger partial charge >= 0.3 is 5.97 Å². The highest BCUT2D eigenvalue weighted by molar-refractivity contribution is 5.87. The zero-order valence-electron chi connectivity index (χ0n) is 11.2. The summed E-state index contributed by atoms with van der Waals surface area (Å²) < 4.78 is 4.61. The molecule has 1 aromatic heterocycles. The summed E-state index contributed by atoms with van der Waals surface area (Å²) in [5.74, 6) is 0.0644. The van der Waals surface area contributed by atoms with Gasteiger partial charge in [0.25, 0.3) is 0 Å². The standard InChI is InChI=1S/C13H20N4O2/c1-19-12(18)10-7-15-8-11(17-10)16-9-13(14)5-3-2-4-6-13/h7-8H,2-6,9,14H2,1H3,(H,16,17). The Hall–Kier alpha value is -1.69. The third kappa shape index (κ3) is 3.64. The van der Waals surface area contributed by atoms with Crippen LogP contribution in [0.5, 0.6) is 0 Å². The molecule has 1 fully saturated rings. The number of ether oxygens (including phenoxy) is 1. The van der Waals surface area contributed by atoms with Crippen molar-refractivity contribution >= 4 is 11.8 Å². The van der Waals surface area contributed by atoms with Crippen molar-refractivity contribution in [2.24, 2.45) is 5.73 Å². The summed E-state index contributed by atoms with van der Waals surface area (Å²) >= 11 is 0. The summed E-state index contributed by atoms with van der Waals surface area (Å²) in [4.78, 5) is 19.5. The van der Waals surface area contributed by atoms with E-state index in [0.717, 1.165) is 12.8 Å². The number of carbonyl (C=O) groups excluding carboxylic acids is 1. The van der Waals surface area contributed by atoms with Crippen molar-refractivity contribution in [2.45, 2.75) is 37.6 Å². The van der Waals surface area contributed by atoms with E-state index >= 15 is 0 Å². The van der Waals surface area contributed by atoms with Crippen LogP contribution < -0.4 is 11.1 Å². The van der Waals surface area contributed by atoms with Crippen LogP contribution in [-0.2, 0) is 4.74 Å². The first-order valence-corrected chi connectivity index (χ1v) is 6.56. The van der Waals surface area contributed by atoms with Gasteiger partial charge in [0.05, 0.1) is 19.5 Å². The van der Waals surface area contributed by atoms with Crippen LogP contribution in [0.25, 0.3) is 0 Å². The van der Waals surface area contributed by atoms with Crippen molar-refractivity contribution in [1.29, 1.82) is 0 Å². The molecule has 1 aliphatic carbocycles. The van der Waals surface area contributed by atoms with Gasteiger partial charge < -0.3 is 15.8 Å². The predicted octanol–water partition coefficient (Wildman–Crippen LogP) is 1.34. The van der Waals surface area contributed by atoms with E-state index in [0.29, 0.717) is 12.4 Å². The van der Waals surface area contributed by atoms with E-state index in [1.807, 2.05) is 0 Å². The van der Waals surface area contributed by atoms with Crippen molar-refractivity contribution in [1.82, 2.24) is 9.97 Å². The Labute approximate surface area is 112 Å². The highest BCUT2D eigenvalue weighted by Gasteiger charge is 2.27. The molecule has 1 heterocycles. The van der Waals surface area contributed by atoms with Crippen LogP contribution in [0, 0.1) is 0 Å². The number of nitrogens with zero attached hydrogens (tertiary/aromatic N) is 2. The fourth-order valence-corrected chi connectivity index (χ4v) is 2.35. The first-order chi connectivity index (χ1) is 9.13. The maximum absolute atomic E-state index is 11.4. The maximum atomic E-state index is 11.4. The van der Waals surface area contributed by atoms with Crippen LogP contribution in [0.1, 0.15) is 42.6 Å². The number of anilines is 1. The van der Waals surface area contributed by atoms with Gasteiger partial charge in [-0.1, -0.05) is 19.3 Å². The summed E-state index contributed by atoms with van der Waals surface area (Å²) in [6.45, 7) is 0.645. The number of nitrogens with one attached hydrogen (secondary N) is 1. The molecule has 0 radical (unpaired) electrons. The first kappa shape index (κ1) is 13.7.